The average molecular weight is 489 g/mol. The Morgan fingerprint density at radius 2 is 1.66 bits per heavy atom. The number of nitrogens with zero attached hydrogens (tertiary/aromatic N) is 2. The summed E-state index contributed by atoms with van der Waals surface area (Å²) in [5.74, 6) is 1.19. The SMILES string of the molecule is COc1cccc(Cn2c(C)c(C3CCN(S(=O)(=O)c4cccc(C)c4)CC3)c3ccccc32)c1. The Morgan fingerprint density at radius 3 is 2.40 bits per heavy atom. The summed E-state index contributed by atoms with van der Waals surface area (Å²) in [5.41, 5.74) is 5.99. The minimum atomic E-state index is -3.47. The van der Waals surface area contributed by atoms with Gasteiger partial charge >= 0.3 is 0 Å². The molecule has 5 nitrogen and oxygen atoms in total. The molecule has 35 heavy (non-hydrogen) atoms. The van der Waals surface area contributed by atoms with Gasteiger partial charge in [-0.05, 0) is 79.6 Å². The molecule has 1 saturated heterocycles. The number of methoxy groups -OCH3 is 1. The molecule has 0 N–H and O–H groups in total. The van der Waals surface area contributed by atoms with Crippen LogP contribution in [0, 0.1) is 13.8 Å². The first kappa shape index (κ1) is 23.6. The number of ether oxygens (including phenoxy) is 1. The van der Waals surface area contributed by atoms with Gasteiger partial charge in [0.1, 0.15) is 5.75 Å². The third-order valence-corrected chi connectivity index (χ3v) is 9.14. The second kappa shape index (κ2) is 9.51. The third-order valence-electron chi connectivity index (χ3n) is 7.24. The lowest BCUT2D eigenvalue weighted by Crippen LogP contribution is -2.38. The normalized spacial score (nSPS) is 15.5. The van der Waals surface area contributed by atoms with Crippen LogP contribution < -0.4 is 4.74 Å². The Balaban J connectivity index is 1.43. The summed E-state index contributed by atoms with van der Waals surface area (Å²) in [4.78, 5) is 0.391. The summed E-state index contributed by atoms with van der Waals surface area (Å²) < 4.78 is 35.9. The standard InChI is InChI=1S/C29H32N2O3S/c1-21-8-6-11-26(18-21)35(32,33)30-16-14-24(15-17-30)29-22(2)31(28-13-5-4-12-27(28)29)20-23-9-7-10-25(19-23)34-3/h4-13,18-19,24H,14-17,20H2,1-3H3. The minimum absolute atomic E-state index is 0.329. The van der Waals surface area contributed by atoms with Crippen molar-refractivity contribution in [1.29, 1.82) is 0 Å². The molecular formula is C29H32N2O3S. The average Bonchev–Trinajstić information content (AvgIpc) is 3.15. The third kappa shape index (κ3) is 4.48. The van der Waals surface area contributed by atoms with Crippen LogP contribution in [0.15, 0.2) is 77.7 Å². The monoisotopic (exact) mass is 488 g/mol. The fourth-order valence-corrected chi connectivity index (χ4v) is 7.01. The van der Waals surface area contributed by atoms with E-state index in [1.807, 2.05) is 31.2 Å². The predicted octanol–water partition coefficient (Wildman–Crippen LogP) is 5.88. The van der Waals surface area contributed by atoms with E-state index in [1.165, 1.54) is 27.7 Å². The molecule has 0 spiro atoms. The smallest absolute Gasteiger partial charge is 0.243 e. The molecule has 0 unspecified atom stereocenters. The van der Waals surface area contributed by atoms with Crippen LogP contribution in [0.5, 0.6) is 5.75 Å². The lowest BCUT2D eigenvalue weighted by Gasteiger charge is -2.31. The summed E-state index contributed by atoms with van der Waals surface area (Å²) in [6, 6.07) is 24.0. The molecule has 1 aliphatic rings. The fraction of sp³-hybridized carbons (Fsp3) is 0.310. The number of para-hydroxylation sites is 1. The van der Waals surface area contributed by atoms with E-state index in [0.717, 1.165) is 30.7 Å². The van der Waals surface area contributed by atoms with Crippen molar-refractivity contribution in [2.24, 2.45) is 0 Å². The van der Waals surface area contributed by atoms with Gasteiger partial charge in [-0.2, -0.15) is 4.31 Å². The number of benzene rings is 3. The van der Waals surface area contributed by atoms with Crippen molar-refractivity contribution in [2.75, 3.05) is 20.2 Å². The molecule has 0 radical (unpaired) electrons. The highest BCUT2D eigenvalue weighted by Gasteiger charge is 2.32. The van der Waals surface area contributed by atoms with Crippen molar-refractivity contribution in [3.8, 4) is 5.75 Å². The van der Waals surface area contributed by atoms with E-state index in [1.54, 1.807) is 23.5 Å². The first-order chi connectivity index (χ1) is 16.9. The minimum Gasteiger partial charge on any atom is -0.497 e. The highest BCUT2D eigenvalue weighted by Crippen LogP contribution is 2.38. The maximum absolute atomic E-state index is 13.2. The van der Waals surface area contributed by atoms with Crippen molar-refractivity contribution in [3.05, 3.63) is 95.2 Å². The lowest BCUT2D eigenvalue weighted by atomic mass is 9.88. The van der Waals surface area contributed by atoms with Crippen LogP contribution in [0.4, 0.5) is 0 Å². The number of hydrogen-bond acceptors (Lipinski definition) is 3. The van der Waals surface area contributed by atoms with Crippen molar-refractivity contribution >= 4 is 20.9 Å². The molecule has 0 bridgehead atoms. The number of hydrogen-bond donors (Lipinski definition) is 0. The molecule has 5 rings (SSSR count). The first-order valence-electron chi connectivity index (χ1n) is 12.2. The van der Waals surface area contributed by atoms with Crippen molar-refractivity contribution in [2.45, 2.75) is 44.0 Å². The Morgan fingerprint density at radius 1 is 0.914 bits per heavy atom. The molecule has 1 fully saturated rings. The van der Waals surface area contributed by atoms with Gasteiger partial charge in [-0.3, -0.25) is 0 Å². The molecule has 0 saturated carbocycles. The van der Waals surface area contributed by atoms with E-state index in [9.17, 15) is 8.42 Å². The van der Waals surface area contributed by atoms with Gasteiger partial charge in [-0.25, -0.2) is 8.42 Å². The lowest BCUT2D eigenvalue weighted by molar-refractivity contribution is 0.319. The summed E-state index contributed by atoms with van der Waals surface area (Å²) in [6.07, 6.45) is 1.64. The zero-order valence-electron chi connectivity index (χ0n) is 20.6. The van der Waals surface area contributed by atoms with Gasteiger partial charge in [-0.1, -0.05) is 42.5 Å². The summed E-state index contributed by atoms with van der Waals surface area (Å²) in [6.45, 7) is 5.97. The maximum Gasteiger partial charge on any atom is 0.243 e. The highest BCUT2D eigenvalue weighted by molar-refractivity contribution is 7.89. The Bertz CT molecular complexity index is 1460. The number of sulfonamides is 1. The summed E-state index contributed by atoms with van der Waals surface area (Å²) >= 11 is 0. The van der Waals surface area contributed by atoms with E-state index in [-0.39, 0.29) is 0 Å². The second-order valence-electron chi connectivity index (χ2n) is 9.45. The van der Waals surface area contributed by atoms with Gasteiger partial charge in [0.15, 0.2) is 0 Å². The zero-order chi connectivity index (χ0) is 24.6. The number of piperidine rings is 1. The molecular weight excluding hydrogens is 456 g/mol. The molecule has 182 valence electrons. The van der Waals surface area contributed by atoms with Crippen LogP contribution in [0.3, 0.4) is 0 Å². The highest BCUT2D eigenvalue weighted by atomic mass is 32.2. The van der Waals surface area contributed by atoms with E-state index in [0.29, 0.717) is 23.9 Å². The van der Waals surface area contributed by atoms with E-state index < -0.39 is 10.0 Å². The fourth-order valence-electron chi connectivity index (χ4n) is 5.44. The molecule has 2 heterocycles. The molecule has 4 aromatic rings. The molecule has 1 aliphatic heterocycles. The number of fused-ring (bicyclic) bond motifs is 1. The number of aromatic nitrogens is 1. The zero-order valence-corrected chi connectivity index (χ0v) is 21.4. The molecule has 1 aromatic heterocycles. The number of rotatable bonds is 6. The van der Waals surface area contributed by atoms with Gasteiger partial charge < -0.3 is 9.30 Å². The summed E-state index contributed by atoms with van der Waals surface area (Å²) in [7, 11) is -1.78. The van der Waals surface area contributed by atoms with Gasteiger partial charge in [0.2, 0.25) is 10.0 Å². The first-order valence-corrected chi connectivity index (χ1v) is 13.6. The van der Waals surface area contributed by atoms with Crippen LogP contribution in [0.2, 0.25) is 0 Å². The van der Waals surface area contributed by atoms with Gasteiger partial charge in [0.05, 0.1) is 12.0 Å². The van der Waals surface area contributed by atoms with Crippen LogP contribution in [-0.2, 0) is 16.6 Å². The Labute approximate surface area is 208 Å². The summed E-state index contributed by atoms with van der Waals surface area (Å²) in [5, 5.41) is 1.27. The van der Waals surface area contributed by atoms with Gasteiger partial charge in [0, 0.05) is 36.2 Å². The molecule has 0 aliphatic carbocycles. The topological polar surface area (TPSA) is 51.5 Å². The maximum atomic E-state index is 13.2. The van der Waals surface area contributed by atoms with E-state index in [2.05, 4.69) is 47.9 Å². The molecule has 6 heteroatoms. The van der Waals surface area contributed by atoms with Crippen molar-refractivity contribution in [3.63, 3.8) is 0 Å². The Kier molecular flexibility index (Phi) is 6.43. The predicted molar refractivity (Wildman–Crippen MR) is 141 cm³/mol. The number of aryl methyl sites for hydroxylation is 1. The van der Waals surface area contributed by atoms with E-state index in [4.69, 9.17) is 4.74 Å². The van der Waals surface area contributed by atoms with Crippen LogP contribution in [-0.4, -0.2) is 37.5 Å². The Hall–Kier alpha value is -3.09. The van der Waals surface area contributed by atoms with Crippen molar-refractivity contribution < 1.29 is 13.2 Å². The van der Waals surface area contributed by atoms with Gasteiger partial charge in [-0.15, -0.1) is 0 Å². The van der Waals surface area contributed by atoms with Crippen LogP contribution in [0.1, 0.15) is 41.1 Å². The van der Waals surface area contributed by atoms with Gasteiger partial charge in [0.25, 0.3) is 0 Å². The molecule has 3 aromatic carbocycles. The van der Waals surface area contributed by atoms with Crippen molar-refractivity contribution in [1.82, 2.24) is 8.87 Å². The van der Waals surface area contributed by atoms with Crippen LogP contribution >= 0.6 is 0 Å². The second-order valence-corrected chi connectivity index (χ2v) is 11.4. The molecule has 0 amide bonds. The largest absolute Gasteiger partial charge is 0.497 e. The van der Waals surface area contributed by atoms with E-state index >= 15 is 0 Å². The quantitative estimate of drug-likeness (QED) is 0.340. The van der Waals surface area contributed by atoms with Crippen LogP contribution in [0.25, 0.3) is 10.9 Å². The molecule has 0 atom stereocenters.